The first-order valence-electron chi connectivity index (χ1n) is 5.65. The molecule has 1 unspecified atom stereocenters. The Morgan fingerprint density at radius 1 is 1.20 bits per heavy atom. The van der Waals surface area contributed by atoms with Crippen molar-refractivity contribution in [3.63, 3.8) is 0 Å². The molecule has 0 saturated carbocycles. The smallest absolute Gasteiger partial charge is 0.119 e. The van der Waals surface area contributed by atoms with Gasteiger partial charge >= 0.3 is 0 Å². The molecule has 0 aliphatic heterocycles. The van der Waals surface area contributed by atoms with Crippen molar-refractivity contribution in [1.82, 2.24) is 0 Å². The van der Waals surface area contributed by atoms with Crippen molar-refractivity contribution in [3.05, 3.63) is 30.3 Å². The quantitative estimate of drug-likeness (QED) is 0.527. The highest BCUT2D eigenvalue weighted by atomic mass is 79.9. The van der Waals surface area contributed by atoms with Crippen LogP contribution in [0, 0.1) is 0 Å². The summed E-state index contributed by atoms with van der Waals surface area (Å²) in [6.45, 7) is 3.03. The van der Waals surface area contributed by atoms with Crippen LogP contribution in [0.25, 0.3) is 0 Å². The summed E-state index contributed by atoms with van der Waals surface area (Å²) in [5.74, 6) is 0.971. The van der Waals surface area contributed by atoms with Gasteiger partial charge in [0.2, 0.25) is 0 Å². The third-order valence-corrected chi connectivity index (χ3v) is 3.19. The number of para-hydroxylation sites is 1. The summed E-state index contributed by atoms with van der Waals surface area (Å²) < 4.78 is 5.61. The summed E-state index contributed by atoms with van der Waals surface area (Å²) in [5, 5.41) is 0. The lowest BCUT2D eigenvalue weighted by Crippen LogP contribution is -2.02. The van der Waals surface area contributed by atoms with E-state index in [9.17, 15) is 0 Å². The average Bonchev–Trinajstić information content (AvgIpc) is 2.26. The van der Waals surface area contributed by atoms with Gasteiger partial charge in [-0.05, 0) is 31.4 Å². The minimum atomic E-state index is 0.655. The summed E-state index contributed by atoms with van der Waals surface area (Å²) in [6, 6.07) is 10.00. The fourth-order valence-electron chi connectivity index (χ4n) is 1.47. The van der Waals surface area contributed by atoms with Gasteiger partial charge in [0.05, 0.1) is 6.61 Å². The molecule has 84 valence electrons. The molecule has 1 aromatic rings. The predicted octanol–water partition coefficient (Wildman–Crippen LogP) is 4.41. The molecular weight excluding hydrogens is 252 g/mol. The Bertz CT molecular complexity index is 248. The predicted molar refractivity (Wildman–Crippen MR) is 68.8 cm³/mol. The second-order valence-electron chi connectivity index (χ2n) is 3.69. The van der Waals surface area contributed by atoms with Gasteiger partial charge in [-0.25, -0.2) is 0 Å². The Hall–Kier alpha value is -0.500. The molecule has 2 heteroatoms. The highest BCUT2D eigenvalue weighted by Gasteiger charge is 2.01. The van der Waals surface area contributed by atoms with Crippen molar-refractivity contribution in [2.75, 3.05) is 6.61 Å². The number of rotatable bonds is 7. The Labute approximate surface area is 101 Å². The summed E-state index contributed by atoms with van der Waals surface area (Å²) in [6.07, 6.45) is 4.81. The van der Waals surface area contributed by atoms with Gasteiger partial charge in [0.25, 0.3) is 0 Å². The lowest BCUT2D eigenvalue weighted by molar-refractivity contribution is 0.306. The van der Waals surface area contributed by atoms with E-state index in [1.165, 1.54) is 19.3 Å². The monoisotopic (exact) mass is 270 g/mol. The molecule has 0 saturated heterocycles. The normalized spacial score (nSPS) is 12.4. The second-order valence-corrected chi connectivity index (χ2v) is 4.98. The Morgan fingerprint density at radius 3 is 2.60 bits per heavy atom. The third kappa shape index (κ3) is 5.83. The van der Waals surface area contributed by atoms with Gasteiger partial charge in [-0.15, -0.1) is 0 Å². The van der Waals surface area contributed by atoms with Gasteiger partial charge in [-0.1, -0.05) is 47.5 Å². The molecule has 0 spiro atoms. The first-order valence-corrected chi connectivity index (χ1v) is 6.56. The van der Waals surface area contributed by atoms with Crippen LogP contribution >= 0.6 is 15.9 Å². The van der Waals surface area contributed by atoms with Crippen LogP contribution in [0.5, 0.6) is 5.75 Å². The van der Waals surface area contributed by atoms with Gasteiger partial charge < -0.3 is 4.74 Å². The minimum Gasteiger partial charge on any atom is -0.494 e. The molecule has 0 heterocycles. The Morgan fingerprint density at radius 2 is 1.93 bits per heavy atom. The van der Waals surface area contributed by atoms with Crippen LogP contribution in [0.15, 0.2) is 30.3 Å². The summed E-state index contributed by atoms with van der Waals surface area (Å²) in [4.78, 5) is 0.655. The maximum Gasteiger partial charge on any atom is 0.119 e. The highest BCUT2D eigenvalue weighted by Crippen LogP contribution is 2.15. The van der Waals surface area contributed by atoms with Crippen molar-refractivity contribution in [2.45, 2.75) is 37.4 Å². The van der Waals surface area contributed by atoms with Crippen molar-refractivity contribution >= 4 is 15.9 Å². The van der Waals surface area contributed by atoms with E-state index in [-0.39, 0.29) is 0 Å². The molecule has 0 bridgehead atoms. The third-order valence-electron chi connectivity index (χ3n) is 2.28. The van der Waals surface area contributed by atoms with Crippen molar-refractivity contribution in [1.29, 1.82) is 0 Å². The molecule has 1 nitrogen and oxygen atoms in total. The molecule has 0 radical (unpaired) electrons. The van der Waals surface area contributed by atoms with E-state index < -0.39 is 0 Å². The van der Waals surface area contributed by atoms with Crippen LogP contribution in [0.3, 0.4) is 0 Å². The number of ether oxygens (including phenoxy) is 1. The van der Waals surface area contributed by atoms with Crippen LogP contribution in [0.2, 0.25) is 0 Å². The topological polar surface area (TPSA) is 9.23 Å². The number of hydrogen-bond acceptors (Lipinski definition) is 1. The molecule has 0 aliphatic carbocycles. The molecule has 0 fully saturated rings. The SMILES string of the molecule is CCCC(Br)CCCOc1ccccc1. The molecule has 0 amide bonds. The summed E-state index contributed by atoms with van der Waals surface area (Å²) >= 11 is 3.67. The second kappa shape index (κ2) is 7.75. The van der Waals surface area contributed by atoms with Crippen LogP contribution in [0.1, 0.15) is 32.6 Å². The minimum absolute atomic E-state index is 0.655. The van der Waals surface area contributed by atoms with Crippen molar-refractivity contribution < 1.29 is 4.74 Å². The van der Waals surface area contributed by atoms with Crippen LogP contribution < -0.4 is 4.74 Å². The average molecular weight is 271 g/mol. The van der Waals surface area contributed by atoms with Gasteiger partial charge in [0.15, 0.2) is 0 Å². The van der Waals surface area contributed by atoms with E-state index in [0.717, 1.165) is 18.8 Å². The van der Waals surface area contributed by atoms with E-state index in [2.05, 4.69) is 22.9 Å². The van der Waals surface area contributed by atoms with E-state index in [1.807, 2.05) is 30.3 Å². The fourth-order valence-corrected chi connectivity index (χ4v) is 2.25. The first kappa shape index (κ1) is 12.6. The number of halogens is 1. The molecule has 0 N–H and O–H groups in total. The van der Waals surface area contributed by atoms with Crippen molar-refractivity contribution in [2.24, 2.45) is 0 Å². The van der Waals surface area contributed by atoms with E-state index >= 15 is 0 Å². The molecule has 1 aromatic carbocycles. The molecule has 0 aliphatic rings. The van der Waals surface area contributed by atoms with Crippen LogP contribution in [-0.4, -0.2) is 11.4 Å². The first-order chi connectivity index (χ1) is 7.33. The van der Waals surface area contributed by atoms with E-state index in [1.54, 1.807) is 0 Å². The largest absolute Gasteiger partial charge is 0.494 e. The number of alkyl halides is 1. The van der Waals surface area contributed by atoms with E-state index in [4.69, 9.17) is 4.74 Å². The van der Waals surface area contributed by atoms with Gasteiger partial charge in [0, 0.05) is 4.83 Å². The standard InChI is InChI=1S/C13H19BrO/c1-2-7-12(14)8-6-11-15-13-9-4-3-5-10-13/h3-5,9-10,12H,2,6-8,11H2,1H3. The van der Waals surface area contributed by atoms with Crippen LogP contribution in [0.4, 0.5) is 0 Å². The summed E-state index contributed by atoms with van der Waals surface area (Å²) in [5.41, 5.74) is 0. The maximum atomic E-state index is 5.61. The molecule has 1 atom stereocenters. The summed E-state index contributed by atoms with van der Waals surface area (Å²) in [7, 11) is 0. The lowest BCUT2D eigenvalue weighted by Gasteiger charge is -2.09. The molecule has 0 aromatic heterocycles. The fraction of sp³-hybridized carbons (Fsp3) is 0.538. The maximum absolute atomic E-state index is 5.61. The Kier molecular flexibility index (Phi) is 6.49. The Balaban J connectivity index is 2.07. The van der Waals surface area contributed by atoms with Gasteiger partial charge in [-0.2, -0.15) is 0 Å². The lowest BCUT2D eigenvalue weighted by atomic mass is 10.2. The molecule has 15 heavy (non-hydrogen) atoms. The zero-order valence-electron chi connectivity index (χ0n) is 9.29. The van der Waals surface area contributed by atoms with Gasteiger partial charge in [-0.3, -0.25) is 0 Å². The zero-order valence-corrected chi connectivity index (χ0v) is 10.9. The van der Waals surface area contributed by atoms with E-state index in [0.29, 0.717) is 4.83 Å². The van der Waals surface area contributed by atoms with Crippen LogP contribution in [-0.2, 0) is 0 Å². The highest BCUT2D eigenvalue weighted by molar-refractivity contribution is 9.09. The van der Waals surface area contributed by atoms with Crippen molar-refractivity contribution in [3.8, 4) is 5.75 Å². The molecular formula is C13H19BrO. The van der Waals surface area contributed by atoms with Gasteiger partial charge in [0.1, 0.15) is 5.75 Å². The zero-order chi connectivity index (χ0) is 10.9. The number of hydrogen-bond donors (Lipinski definition) is 0. The number of benzene rings is 1. The molecule has 1 rings (SSSR count).